The second-order valence-electron chi connectivity index (χ2n) is 6.87. The molecular weight excluding hydrogens is 252 g/mol. The summed E-state index contributed by atoms with van der Waals surface area (Å²) in [5.74, 6) is 2.37. The summed E-state index contributed by atoms with van der Waals surface area (Å²) in [5.41, 5.74) is 6.23. The maximum atomic E-state index is 6.16. The first-order valence-corrected chi connectivity index (χ1v) is 7.83. The number of hydrogen-bond acceptors (Lipinski definition) is 4. The summed E-state index contributed by atoms with van der Waals surface area (Å²) < 4.78 is 8.06. The zero-order valence-corrected chi connectivity index (χ0v) is 12.6. The average Bonchev–Trinajstić information content (AvgIpc) is 3.04. The van der Waals surface area contributed by atoms with Gasteiger partial charge in [-0.25, -0.2) is 9.67 Å². The number of nitrogens with zero attached hydrogens (tertiary/aromatic N) is 3. The fraction of sp³-hybridized carbons (Fsp3) is 0.867. The number of nitrogens with two attached hydrogens (primary N) is 1. The lowest BCUT2D eigenvalue weighted by atomic mass is 9.76. The van der Waals surface area contributed by atoms with Crippen LogP contribution < -0.4 is 5.73 Å². The Bertz CT molecular complexity index is 454. The van der Waals surface area contributed by atoms with Gasteiger partial charge >= 0.3 is 0 Å². The van der Waals surface area contributed by atoms with Gasteiger partial charge < -0.3 is 10.5 Å². The quantitative estimate of drug-likeness (QED) is 0.858. The minimum Gasteiger partial charge on any atom is -0.377 e. The van der Waals surface area contributed by atoms with Crippen LogP contribution in [0.25, 0.3) is 0 Å². The molecule has 1 aromatic heterocycles. The molecule has 1 saturated carbocycles. The van der Waals surface area contributed by atoms with Gasteiger partial charge in [-0.2, -0.15) is 5.10 Å². The average molecular weight is 278 g/mol. The van der Waals surface area contributed by atoms with E-state index in [1.165, 1.54) is 12.8 Å². The van der Waals surface area contributed by atoms with Crippen LogP contribution in [0.5, 0.6) is 0 Å². The lowest BCUT2D eigenvalue weighted by molar-refractivity contribution is 0.0331. The zero-order chi connectivity index (χ0) is 14.2. The Morgan fingerprint density at radius 3 is 2.95 bits per heavy atom. The van der Waals surface area contributed by atoms with Gasteiger partial charge in [-0.15, -0.1) is 0 Å². The van der Waals surface area contributed by atoms with Gasteiger partial charge in [0.25, 0.3) is 0 Å². The van der Waals surface area contributed by atoms with Crippen LogP contribution >= 0.6 is 0 Å². The molecule has 5 heteroatoms. The Kier molecular flexibility index (Phi) is 3.82. The van der Waals surface area contributed by atoms with E-state index in [9.17, 15) is 0 Å². The monoisotopic (exact) mass is 278 g/mol. The van der Waals surface area contributed by atoms with E-state index in [-0.39, 0.29) is 5.41 Å². The van der Waals surface area contributed by atoms with Crippen molar-refractivity contribution in [3.8, 4) is 0 Å². The van der Waals surface area contributed by atoms with E-state index in [0.717, 1.165) is 37.7 Å². The Hall–Kier alpha value is -0.940. The van der Waals surface area contributed by atoms with Gasteiger partial charge in [-0.1, -0.05) is 13.8 Å². The molecule has 2 aliphatic rings. The molecule has 5 nitrogen and oxygen atoms in total. The van der Waals surface area contributed by atoms with Crippen molar-refractivity contribution in [3.63, 3.8) is 0 Å². The van der Waals surface area contributed by atoms with E-state index >= 15 is 0 Å². The first kappa shape index (κ1) is 14.0. The predicted octanol–water partition coefficient (Wildman–Crippen LogP) is 1.62. The van der Waals surface area contributed by atoms with Crippen LogP contribution in [0.2, 0.25) is 0 Å². The number of hydrogen-bond donors (Lipinski definition) is 1. The standard InChI is InChI=1S/C15H26N4O/c1-11(2)8-19-13(17-10-18-19)7-15(9-16)5-6-20-14(15)12-3-4-12/h10-12,14H,3-9,16H2,1-2H3. The van der Waals surface area contributed by atoms with E-state index in [4.69, 9.17) is 10.5 Å². The second kappa shape index (κ2) is 5.45. The molecule has 1 aliphatic carbocycles. The summed E-state index contributed by atoms with van der Waals surface area (Å²) in [6, 6.07) is 0. The smallest absolute Gasteiger partial charge is 0.138 e. The maximum Gasteiger partial charge on any atom is 0.138 e. The van der Waals surface area contributed by atoms with E-state index < -0.39 is 0 Å². The molecule has 2 heterocycles. The molecular formula is C15H26N4O. The summed E-state index contributed by atoms with van der Waals surface area (Å²) in [4.78, 5) is 4.48. The summed E-state index contributed by atoms with van der Waals surface area (Å²) in [7, 11) is 0. The highest BCUT2D eigenvalue weighted by Crippen LogP contribution is 2.48. The fourth-order valence-electron chi connectivity index (χ4n) is 3.46. The second-order valence-corrected chi connectivity index (χ2v) is 6.87. The molecule has 3 rings (SSSR count). The molecule has 0 amide bonds. The third-order valence-corrected chi connectivity index (χ3v) is 4.70. The van der Waals surface area contributed by atoms with Crippen molar-refractivity contribution in [2.45, 2.75) is 52.2 Å². The van der Waals surface area contributed by atoms with Crippen LogP contribution in [0.1, 0.15) is 38.9 Å². The van der Waals surface area contributed by atoms with Gasteiger partial charge in [0.05, 0.1) is 6.10 Å². The van der Waals surface area contributed by atoms with Crippen LogP contribution in [0.3, 0.4) is 0 Å². The van der Waals surface area contributed by atoms with Gasteiger partial charge in [0.15, 0.2) is 0 Å². The van der Waals surface area contributed by atoms with Gasteiger partial charge in [0, 0.05) is 31.5 Å². The van der Waals surface area contributed by atoms with Crippen LogP contribution in [0, 0.1) is 17.3 Å². The topological polar surface area (TPSA) is 66.0 Å². The van der Waals surface area contributed by atoms with Crippen LogP contribution in [0.15, 0.2) is 6.33 Å². The van der Waals surface area contributed by atoms with Crippen molar-refractivity contribution < 1.29 is 4.74 Å². The minimum atomic E-state index is 0.0724. The van der Waals surface area contributed by atoms with Crippen LogP contribution in [-0.2, 0) is 17.7 Å². The van der Waals surface area contributed by atoms with E-state index in [0.29, 0.717) is 18.6 Å². The molecule has 1 saturated heterocycles. The van der Waals surface area contributed by atoms with Crippen molar-refractivity contribution in [3.05, 3.63) is 12.2 Å². The highest BCUT2D eigenvalue weighted by atomic mass is 16.5. The Morgan fingerprint density at radius 1 is 1.50 bits per heavy atom. The lowest BCUT2D eigenvalue weighted by Gasteiger charge is -2.32. The van der Waals surface area contributed by atoms with Gasteiger partial charge in [0.1, 0.15) is 12.2 Å². The van der Waals surface area contributed by atoms with E-state index in [2.05, 4.69) is 23.9 Å². The molecule has 112 valence electrons. The Labute approximate surface area is 120 Å². The Balaban J connectivity index is 1.79. The van der Waals surface area contributed by atoms with Crippen molar-refractivity contribution in [2.24, 2.45) is 23.0 Å². The highest BCUT2D eigenvalue weighted by molar-refractivity contribution is 5.05. The highest BCUT2D eigenvalue weighted by Gasteiger charge is 2.50. The minimum absolute atomic E-state index is 0.0724. The van der Waals surface area contributed by atoms with Crippen molar-refractivity contribution in [1.82, 2.24) is 14.8 Å². The summed E-state index contributed by atoms with van der Waals surface area (Å²) in [5, 5.41) is 4.37. The van der Waals surface area contributed by atoms with Crippen LogP contribution in [0.4, 0.5) is 0 Å². The molecule has 0 radical (unpaired) electrons. The largest absolute Gasteiger partial charge is 0.377 e. The van der Waals surface area contributed by atoms with Crippen molar-refractivity contribution >= 4 is 0 Å². The third-order valence-electron chi connectivity index (χ3n) is 4.70. The molecule has 1 aromatic rings. The first-order chi connectivity index (χ1) is 9.64. The molecule has 20 heavy (non-hydrogen) atoms. The fourth-order valence-corrected chi connectivity index (χ4v) is 3.46. The summed E-state index contributed by atoms with van der Waals surface area (Å²) in [6.45, 7) is 6.86. The SMILES string of the molecule is CC(C)Cn1ncnc1CC1(CN)CCOC1C1CC1. The summed E-state index contributed by atoms with van der Waals surface area (Å²) >= 11 is 0. The van der Waals surface area contributed by atoms with E-state index in [1.807, 2.05) is 4.68 Å². The number of ether oxygens (including phenoxy) is 1. The molecule has 1 aliphatic heterocycles. The Morgan fingerprint density at radius 2 is 2.30 bits per heavy atom. The van der Waals surface area contributed by atoms with Gasteiger partial charge in [-0.05, 0) is 31.1 Å². The summed E-state index contributed by atoms with van der Waals surface area (Å²) in [6.07, 6.45) is 6.55. The molecule has 2 N–H and O–H groups in total. The molecule has 2 fully saturated rings. The molecule has 2 atom stereocenters. The molecule has 0 spiro atoms. The number of aromatic nitrogens is 3. The van der Waals surface area contributed by atoms with E-state index in [1.54, 1.807) is 6.33 Å². The van der Waals surface area contributed by atoms with Crippen LogP contribution in [-0.4, -0.2) is 34.0 Å². The normalized spacial score (nSPS) is 30.3. The maximum absolute atomic E-state index is 6.16. The number of rotatable bonds is 6. The van der Waals surface area contributed by atoms with Crippen molar-refractivity contribution in [2.75, 3.05) is 13.2 Å². The molecule has 2 unspecified atom stereocenters. The molecule has 0 aromatic carbocycles. The molecule has 0 bridgehead atoms. The van der Waals surface area contributed by atoms with Gasteiger partial charge in [0.2, 0.25) is 0 Å². The van der Waals surface area contributed by atoms with Crippen molar-refractivity contribution in [1.29, 1.82) is 0 Å². The third kappa shape index (κ3) is 2.61. The lowest BCUT2D eigenvalue weighted by Crippen LogP contribution is -2.42. The first-order valence-electron chi connectivity index (χ1n) is 7.83. The predicted molar refractivity (Wildman–Crippen MR) is 77.1 cm³/mol. The zero-order valence-electron chi connectivity index (χ0n) is 12.6. The van der Waals surface area contributed by atoms with Gasteiger partial charge in [-0.3, -0.25) is 0 Å².